The van der Waals surface area contributed by atoms with E-state index in [2.05, 4.69) is 5.32 Å². The van der Waals surface area contributed by atoms with Gasteiger partial charge in [0.1, 0.15) is 11.4 Å². The summed E-state index contributed by atoms with van der Waals surface area (Å²) in [6.45, 7) is 5.64. The minimum atomic E-state index is -0.540. The molecular weight excluding hydrogens is 261 g/mol. The quantitative estimate of drug-likeness (QED) is 0.844. The van der Waals surface area contributed by atoms with Crippen LogP contribution < -0.4 is 5.32 Å². The highest BCUT2D eigenvalue weighted by Gasteiger charge is 2.16. The number of halogens is 1. The Kier molecular flexibility index (Phi) is 5.67. The summed E-state index contributed by atoms with van der Waals surface area (Å²) in [4.78, 5) is 23.0. The van der Waals surface area contributed by atoms with E-state index in [4.69, 9.17) is 4.74 Å². The fourth-order valence-electron chi connectivity index (χ4n) is 1.50. The van der Waals surface area contributed by atoms with Crippen molar-refractivity contribution in [2.24, 2.45) is 0 Å². The number of ether oxygens (including phenoxy) is 1. The van der Waals surface area contributed by atoms with E-state index in [0.717, 1.165) is 5.56 Å². The van der Waals surface area contributed by atoms with E-state index in [0.29, 0.717) is 6.54 Å². The third-order valence-corrected chi connectivity index (χ3v) is 2.38. The van der Waals surface area contributed by atoms with Gasteiger partial charge in [0.05, 0.1) is 6.42 Å². The standard InChI is InChI=1S/C15H20FNO3/c1-15(2,3)20-14(19)9-8-13(18)17-10-11-4-6-12(16)7-5-11/h4-7H,8-10H2,1-3H3,(H,17,18). The maximum atomic E-state index is 12.7. The topological polar surface area (TPSA) is 55.4 Å². The highest BCUT2D eigenvalue weighted by Crippen LogP contribution is 2.09. The minimum Gasteiger partial charge on any atom is -0.460 e. The van der Waals surface area contributed by atoms with E-state index in [-0.39, 0.29) is 24.6 Å². The first kappa shape index (κ1) is 16.1. The SMILES string of the molecule is CC(C)(C)OC(=O)CCC(=O)NCc1ccc(F)cc1. The molecule has 1 aromatic carbocycles. The van der Waals surface area contributed by atoms with Crippen LogP contribution in [0.1, 0.15) is 39.2 Å². The summed E-state index contributed by atoms with van der Waals surface area (Å²) < 4.78 is 17.8. The lowest BCUT2D eigenvalue weighted by atomic mass is 10.2. The average molecular weight is 281 g/mol. The molecule has 1 aromatic rings. The zero-order chi connectivity index (χ0) is 15.2. The largest absolute Gasteiger partial charge is 0.460 e. The van der Waals surface area contributed by atoms with Crippen molar-refractivity contribution in [3.8, 4) is 0 Å². The molecule has 0 radical (unpaired) electrons. The highest BCUT2D eigenvalue weighted by molar-refractivity contribution is 5.81. The lowest BCUT2D eigenvalue weighted by Crippen LogP contribution is -2.26. The fourth-order valence-corrected chi connectivity index (χ4v) is 1.50. The molecule has 1 rings (SSSR count). The summed E-state index contributed by atoms with van der Waals surface area (Å²) in [5, 5.41) is 2.67. The number of amides is 1. The molecule has 0 aliphatic carbocycles. The van der Waals surface area contributed by atoms with Crippen molar-refractivity contribution in [2.75, 3.05) is 0 Å². The van der Waals surface area contributed by atoms with Gasteiger partial charge >= 0.3 is 5.97 Å². The number of esters is 1. The van der Waals surface area contributed by atoms with E-state index in [9.17, 15) is 14.0 Å². The Bertz CT molecular complexity index is 463. The first-order valence-electron chi connectivity index (χ1n) is 6.49. The van der Waals surface area contributed by atoms with Crippen LogP contribution in [0.5, 0.6) is 0 Å². The molecule has 4 nitrogen and oxygen atoms in total. The first-order chi connectivity index (χ1) is 9.26. The maximum absolute atomic E-state index is 12.7. The molecule has 0 bridgehead atoms. The zero-order valence-corrected chi connectivity index (χ0v) is 12.0. The smallest absolute Gasteiger partial charge is 0.306 e. The molecule has 0 fully saturated rings. The number of nitrogens with one attached hydrogen (secondary N) is 1. The van der Waals surface area contributed by atoms with Crippen molar-refractivity contribution in [1.82, 2.24) is 5.32 Å². The Morgan fingerprint density at radius 1 is 1.15 bits per heavy atom. The summed E-state index contributed by atoms with van der Waals surface area (Å²) in [7, 11) is 0. The van der Waals surface area contributed by atoms with Crippen LogP contribution in [0.25, 0.3) is 0 Å². The van der Waals surface area contributed by atoms with Crippen LogP contribution in [0.15, 0.2) is 24.3 Å². The number of benzene rings is 1. The van der Waals surface area contributed by atoms with Crippen LogP contribution >= 0.6 is 0 Å². The normalized spacial score (nSPS) is 11.0. The molecule has 20 heavy (non-hydrogen) atoms. The third kappa shape index (κ3) is 6.87. The van der Waals surface area contributed by atoms with E-state index in [1.54, 1.807) is 32.9 Å². The second-order valence-electron chi connectivity index (χ2n) is 5.49. The van der Waals surface area contributed by atoms with Crippen molar-refractivity contribution < 1.29 is 18.7 Å². The maximum Gasteiger partial charge on any atom is 0.306 e. The van der Waals surface area contributed by atoms with Crippen molar-refractivity contribution in [3.05, 3.63) is 35.6 Å². The molecule has 1 N–H and O–H groups in total. The molecule has 0 aliphatic rings. The van der Waals surface area contributed by atoms with Gasteiger partial charge in [0.2, 0.25) is 5.91 Å². The van der Waals surface area contributed by atoms with Crippen LogP contribution in [-0.2, 0) is 20.9 Å². The van der Waals surface area contributed by atoms with E-state index in [1.807, 2.05) is 0 Å². The second kappa shape index (κ2) is 7.03. The number of carbonyl (C=O) groups is 2. The Morgan fingerprint density at radius 3 is 2.30 bits per heavy atom. The van der Waals surface area contributed by atoms with Gasteiger partial charge < -0.3 is 10.1 Å². The number of rotatable bonds is 5. The molecule has 0 spiro atoms. The summed E-state index contributed by atoms with van der Waals surface area (Å²) in [5.74, 6) is -0.945. The lowest BCUT2D eigenvalue weighted by Gasteiger charge is -2.19. The molecule has 0 unspecified atom stereocenters. The molecule has 0 aliphatic heterocycles. The van der Waals surface area contributed by atoms with Gasteiger partial charge in [-0.2, -0.15) is 0 Å². The Morgan fingerprint density at radius 2 is 1.75 bits per heavy atom. The van der Waals surface area contributed by atoms with Crippen molar-refractivity contribution in [3.63, 3.8) is 0 Å². The van der Waals surface area contributed by atoms with Crippen molar-refractivity contribution in [1.29, 1.82) is 0 Å². The van der Waals surface area contributed by atoms with E-state index < -0.39 is 11.6 Å². The molecule has 5 heteroatoms. The fraction of sp³-hybridized carbons (Fsp3) is 0.467. The Hall–Kier alpha value is -1.91. The van der Waals surface area contributed by atoms with Gasteiger partial charge in [-0.1, -0.05) is 12.1 Å². The highest BCUT2D eigenvalue weighted by atomic mass is 19.1. The van der Waals surface area contributed by atoms with Crippen LogP contribution in [-0.4, -0.2) is 17.5 Å². The van der Waals surface area contributed by atoms with Gasteiger partial charge in [0.15, 0.2) is 0 Å². The van der Waals surface area contributed by atoms with Gasteiger partial charge in [-0.25, -0.2) is 4.39 Å². The third-order valence-electron chi connectivity index (χ3n) is 2.38. The van der Waals surface area contributed by atoms with Crippen molar-refractivity contribution in [2.45, 2.75) is 45.8 Å². The predicted octanol–water partition coefficient (Wildman–Crippen LogP) is 2.56. The monoisotopic (exact) mass is 281 g/mol. The summed E-state index contributed by atoms with van der Waals surface area (Å²) in [6, 6.07) is 5.87. The minimum absolute atomic E-state index is 0.0481. The van der Waals surface area contributed by atoms with Gasteiger partial charge in [-0.05, 0) is 38.5 Å². The number of hydrogen-bond acceptors (Lipinski definition) is 3. The van der Waals surface area contributed by atoms with Crippen LogP contribution in [0.3, 0.4) is 0 Å². The molecular formula is C15H20FNO3. The first-order valence-corrected chi connectivity index (χ1v) is 6.49. The van der Waals surface area contributed by atoms with Crippen molar-refractivity contribution >= 4 is 11.9 Å². The average Bonchev–Trinajstić information content (AvgIpc) is 2.33. The van der Waals surface area contributed by atoms with Gasteiger partial charge in [-0.15, -0.1) is 0 Å². The zero-order valence-electron chi connectivity index (χ0n) is 12.0. The van der Waals surface area contributed by atoms with Crippen LogP contribution in [0, 0.1) is 5.82 Å². The Balaban J connectivity index is 2.27. The van der Waals surface area contributed by atoms with Crippen LogP contribution in [0.4, 0.5) is 4.39 Å². The molecule has 0 saturated heterocycles. The van der Waals surface area contributed by atoms with Gasteiger partial charge in [0.25, 0.3) is 0 Å². The number of hydrogen-bond donors (Lipinski definition) is 1. The van der Waals surface area contributed by atoms with Crippen LogP contribution in [0.2, 0.25) is 0 Å². The van der Waals surface area contributed by atoms with E-state index in [1.165, 1.54) is 12.1 Å². The Labute approximate surface area is 118 Å². The molecule has 0 aromatic heterocycles. The van der Waals surface area contributed by atoms with E-state index >= 15 is 0 Å². The molecule has 0 heterocycles. The molecule has 0 saturated carbocycles. The summed E-state index contributed by atoms with van der Waals surface area (Å²) in [5.41, 5.74) is 0.263. The summed E-state index contributed by atoms with van der Waals surface area (Å²) >= 11 is 0. The second-order valence-corrected chi connectivity index (χ2v) is 5.49. The van der Waals surface area contributed by atoms with Gasteiger partial charge in [0, 0.05) is 13.0 Å². The predicted molar refractivity (Wildman–Crippen MR) is 73.3 cm³/mol. The van der Waals surface area contributed by atoms with Gasteiger partial charge in [-0.3, -0.25) is 9.59 Å². The molecule has 110 valence electrons. The molecule has 0 atom stereocenters. The number of carbonyl (C=O) groups excluding carboxylic acids is 2. The molecule has 1 amide bonds. The lowest BCUT2D eigenvalue weighted by molar-refractivity contribution is -0.155. The summed E-state index contributed by atoms with van der Waals surface area (Å²) in [6.07, 6.45) is 0.128.